The third-order valence-electron chi connectivity index (χ3n) is 4.84. The van der Waals surface area contributed by atoms with Gasteiger partial charge in [-0.05, 0) is 38.4 Å². The summed E-state index contributed by atoms with van der Waals surface area (Å²) in [7, 11) is 5.42. The topological polar surface area (TPSA) is 88.8 Å². The molecular weight excluding hydrogens is 472 g/mol. The zero-order valence-corrected chi connectivity index (χ0v) is 19.9. The Morgan fingerprint density at radius 3 is 2.66 bits per heavy atom. The summed E-state index contributed by atoms with van der Waals surface area (Å²) in [4.78, 5) is 33.0. The molecule has 2 aromatic carbocycles. The number of non-ortho nitro benzene ring substituents is 1. The Balaban J connectivity index is 1.77. The van der Waals surface area contributed by atoms with Crippen molar-refractivity contribution >= 4 is 71.3 Å². The van der Waals surface area contributed by atoms with Crippen LogP contribution in [0.15, 0.2) is 36.4 Å². The van der Waals surface area contributed by atoms with Gasteiger partial charge in [0.15, 0.2) is 5.13 Å². The van der Waals surface area contributed by atoms with Crippen LogP contribution in [-0.4, -0.2) is 55.0 Å². The molecule has 1 amide bonds. The van der Waals surface area contributed by atoms with Crippen LogP contribution in [0.2, 0.25) is 5.02 Å². The fourth-order valence-electron chi connectivity index (χ4n) is 3.19. The molecule has 2 aromatic heterocycles. The van der Waals surface area contributed by atoms with Gasteiger partial charge in [0.05, 0.1) is 26.6 Å². The van der Waals surface area contributed by atoms with Crippen LogP contribution in [0.25, 0.3) is 20.3 Å². The average Bonchev–Trinajstić information content (AvgIpc) is 3.38. The van der Waals surface area contributed by atoms with Gasteiger partial charge in [0.2, 0.25) is 0 Å². The number of hydrogen-bond donors (Lipinski definition) is 0. The monoisotopic (exact) mass is 490 g/mol. The van der Waals surface area contributed by atoms with E-state index in [1.54, 1.807) is 36.3 Å². The Hall–Kier alpha value is -2.79. The van der Waals surface area contributed by atoms with E-state index in [9.17, 15) is 14.9 Å². The van der Waals surface area contributed by atoms with Crippen molar-refractivity contribution < 1.29 is 14.5 Å². The van der Waals surface area contributed by atoms with Gasteiger partial charge in [-0.1, -0.05) is 22.9 Å². The van der Waals surface area contributed by atoms with Crippen molar-refractivity contribution in [3.63, 3.8) is 0 Å². The molecule has 11 heteroatoms. The van der Waals surface area contributed by atoms with Crippen molar-refractivity contribution in [2.75, 3.05) is 39.2 Å². The number of nitrogens with zero attached hydrogens (tertiary/aromatic N) is 4. The molecule has 4 rings (SSSR count). The van der Waals surface area contributed by atoms with Crippen LogP contribution < -0.4 is 9.64 Å². The van der Waals surface area contributed by atoms with Crippen molar-refractivity contribution in [3.8, 4) is 5.75 Å². The number of nitro benzene ring substituents is 1. The fourth-order valence-corrected chi connectivity index (χ4v) is 5.46. The first-order chi connectivity index (χ1) is 15.3. The van der Waals surface area contributed by atoms with Crippen LogP contribution in [0.5, 0.6) is 5.75 Å². The SMILES string of the molecule is COc1ccc(Cl)c2sc(N(CCN(C)C)C(=O)c3cc4cc([N+](=O)[O-])ccc4s3)nc12. The number of likely N-dealkylation sites (N-methyl/N-ethyl adjacent to an activating group) is 1. The van der Waals surface area contributed by atoms with Gasteiger partial charge < -0.3 is 9.64 Å². The lowest BCUT2D eigenvalue weighted by atomic mass is 10.2. The predicted molar refractivity (Wildman–Crippen MR) is 130 cm³/mol. The predicted octanol–water partition coefficient (Wildman–Crippen LogP) is 5.29. The van der Waals surface area contributed by atoms with Gasteiger partial charge in [-0.25, -0.2) is 4.98 Å². The number of thiazole rings is 1. The van der Waals surface area contributed by atoms with E-state index in [2.05, 4.69) is 4.98 Å². The number of carbonyl (C=O) groups is 1. The Morgan fingerprint density at radius 1 is 1.19 bits per heavy atom. The van der Waals surface area contributed by atoms with Gasteiger partial charge in [-0.3, -0.25) is 19.8 Å². The highest BCUT2D eigenvalue weighted by Crippen LogP contribution is 2.39. The third kappa shape index (κ3) is 4.26. The maximum Gasteiger partial charge on any atom is 0.270 e. The van der Waals surface area contributed by atoms with Gasteiger partial charge in [0, 0.05) is 35.3 Å². The van der Waals surface area contributed by atoms with Gasteiger partial charge >= 0.3 is 0 Å². The van der Waals surface area contributed by atoms with Crippen LogP contribution in [0, 0.1) is 10.1 Å². The second kappa shape index (κ2) is 8.99. The molecule has 0 bridgehead atoms. The van der Waals surface area contributed by atoms with Gasteiger partial charge in [0.25, 0.3) is 11.6 Å². The van der Waals surface area contributed by atoms with Crippen LogP contribution in [-0.2, 0) is 0 Å². The highest BCUT2D eigenvalue weighted by molar-refractivity contribution is 7.23. The van der Waals surface area contributed by atoms with Crippen LogP contribution >= 0.6 is 34.3 Å². The molecule has 166 valence electrons. The Labute approximate surface area is 196 Å². The number of methoxy groups -OCH3 is 1. The summed E-state index contributed by atoms with van der Waals surface area (Å²) in [5.74, 6) is 0.367. The lowest BCUT2D eigenvalue weighted by molar-refractivity contribution is -0.384. The first-order valence-corrected chi connectivity index (χ1v) is 11.6. The molecule has 0 spiro atoms. The summed E-state index contributed by atoms with van der Waals surface area (Å²) in [6.45, 7) is 1.04. The Morgan fingerprint density at radius 2 is 1.97 bits per heavy atom. The first kappa shape index (κ1) is 22.4. The largest absolute Gasteiger partial charge is 0.494 e. The van der Waals surface area contributed by atoms with Gasteiger partial charge in [0.1, 0.15) is 11.3 Å². The van der Waals surface area contributed by atoms with Crippen molar-refractivity contribution in [1.82, 2.24) is 9.88 Å². The number of ether oxygens (including phenoxy) is 1. The molecule has 0 aliphatic carbocycles. The molecule has 0 aliphatic heterocycles. The summed E-state index contributed by atoms with van der Waals surface area (Å²) < 4.78 is 6.96. The highest BCUT2D eigenvalue weighted by atomic mass is 35.5. The minimum atomic E-state index is -0.444. The summed E-state index contributed by atoms with van der Waals surface area (Å²) in [5.41, 5.74) is 0.598. The van der Waals surface area contributed by atoms with Gasteiger partial charge in [-0.15, -0.1) is 11.3 Å². The summed E-state index contributed by atoms with van der Waals surface area (Å²) >= 11 is 9.00. The lowest BCUT2D eigenvalue weighted by Crippen LogP contribution is -2.36. The number of benzene rings is 2. The smallest absolute Gasteiger partial charge is 0.270 e. The van der Waals surface area contributed by atoms with Crippen molar-refractivity contribution in [2.24, 2.45) is 0 Å². The van der Waals surface area contributed by atoms with Crippen LogP contribution in [0.3, 0.4) is 0 Å². The molecule has 0 fully saturated rings. The fraction of sp³-hybridized carbons (Fsp3) is 0.238. The van der Waals surface area contributed by atoms with E-state index >= 15 is 0 Å². The molecule has 0 unspecified atom stereocenters. The summed E-state index contributed by atoms with van der Waals surface area (Å²) in [6.07, 6.45) is 0. The number of hydrogen-bond acceptors (Lipinski definition) is 8. The number of aromatic nitrogens is 1. The van der Waals surface area contributed by atoms with E-state index < -0.39 is 4.92 Å². The molecule has 0 radical (unpaired) electrons. The number of fused-ring (bicyclic) bond motifs is 2. The number of carbonyl (C=O) groups excluding carboxylic acids is 1. The second-order valence-corrected chi connectivity index (χ2v) is 9.74. The first-order valence-electron chi connectivity index (χ1n) is 9.56. The molecule has 0 aliphatic rings. The maximum atomic E-state index is 13.5. The number of nitro groups is 1. The molecular formula is C21H19ClN4O4S2. The summed E-state index contributed by atoms with van der Waals surface area (Å²) in [5, 5.41) is 12.8. The quantitative estimate of drug-likeness (QED) is 0.258. The van der Waals surface area contributed by atoms with Crippen molar-refractivity contribution in [2.45, 2.75) is 0 Å². The molecule has 4 aromatic rings. The Bertz CT molecular complexity index is 1330. The van der Waals surface area contributed by atoms with E-state index in [1.807, 2.05) is 19.0 Å². The van der Waals surface area contributed by atoms with E-state index in [0.29, 0.717) is 44.8 Å². The lowest BCUT2D eigenvalue weighted by Gasteiger charge is -2.21. The number of amides is 1. The zero-order chi connectivity index (χ0) is 23.0. The number of thiophene rings is 1. The molecule has 0 saturated carbocycles. The van der Waals surface area contributed by atoms with Gasteiger partial charge in [-0.2, -0.15) is 0 Å². The van der Waals surface area contributed by atoms with Crippen molar-refractivity contribution in [1.29, 1.82) is 0 Å². The Kier molecular flexibility index (Phi) is 6.29. The van der Waals surface area contributed by atoms with E-state index in [0.717, 1.165) is 9.40 Å². The third-order valence-corrected chi connectivity index (χ3v) is 7.48. The van der Waals surface area contributed by atoms with Crippen LogP contribution in [0.4, 0.5) is 10.8 Å². The summed E-state index contributed by atoms with van der Waals surface area (Å²) in [6, 6.07) is 9.78. The minimum absolute atomic E-state index is 0.00771. The normalized spacial score (nSPS) is 11.4. The minimum Gasteiger partial charge on any atom is -0.494 e. The van der Waals surface area contributed by atoms with E-state index in [4.69, 9.17) is 16.3 Å². The molecule has 0 N–H and O–H groups in total. The molecule has 0 atom stereocenters. The van der Waals surface area contributed by atoms with Crippen LogP contribution in [0.1, 0.15) is 9.67 Å². The standard InChI is InChI=1S/C21H19ClN4O4S2/c1-24(2)8-9-25(21-23-18-15(30-3)6-5-14(22)19(18)32-21)20(27)17-11-12-10-13(26(28)29)4-7-16(12)31-17/h4-7,10-11H,8-9H2,1-3H3. The van der Waals surface area contributed by atoms with E-state index in [1.165, 1.54) is 34.8 Å². The number of halogens is 1. The zero-order valence-electron chi connectivity index (χ0n) is 17.5. The second-order valence-electron chi connectivity index (χ2n) is 7.27. The molecule has 32 heavy (non-hydrogen) atoms. The molecule has 8 nitrogen and oxygen atoms in total. The molecule has 0 saturated heterocycles. The number of anilines is 1. The average molecular weight is 491 g/mol. The highest BCUT2D eigenvalue weighted by Gasteiger charge is 2.25. The molecule has 2 heterocycles. The van der Waals surface area contributed by atoms with Crippen molar-refractivity contribution in [3.05, 3.63) is 56.4 Å². The van der Waals surface area contributed by atoms with E-state index in [-0.39, 0.29) is 11.6 Å². The maximum absolute atomic E-state index is 13.5. The number of rotatable bonds is 7.